The lowest BCUT2D eigenvalue weighted by Gasteiger charge is -2.20. The summed E-state index contributed by atoms with van der Waals surface area (Å²) in [5, 5.41) is 1.93. The minimum absolute atomic E-state index is 0.139. The molecule has 0 amide bonds. The summed E-state index contributed by atoms with van der Waals surface area (Å²) in [6.45, 7) is 3.96. The molecule has 0 saturated heterocycles. The van der Waals surface area contributed by atoms with Gasteiger partial charge in [0.25, 0.3) is 10.0 Å². The number of nitrogens with zero attached hydrogens (tertiary/aromatic N) is 1. The average Bonchev–Trinajstić information content (AvgIpc) is 2.96. The van der Waals surface area contributed by atoms with Gasteiger partial charge < -0.3 is 0 Å². The van der Waals surface area contributed by atoms with Crippen LogP contribution in [0.2, 0.25) is 4.47 Å². The predicted molar refractivity (Wildman–Crippen MR) is 79.3 cm³/mol. The monoisotopic (exact) mass is 336 g/mol. The molecule has 104 valence electrons. The molecule has 2 heterocycles. The molecule has 8 heteroatoms. The van der Waals surface area contributed by atoms with Gasteiger partial charge in [-0.25, -0.2) is 18.1 Å². The summed E-state index contributed by atoms with van der Waals surface area (Å²) < 4.78 is 27.6. The van der Waals surface area contributed by atoms with E-state index >= 15 is 0 Å². The van der Waals surface area contributed by atoms with Crippen LogP contribution >= 0.6 is 34.3 Å². The molecule has 0 aliphatic heterocycles. The number of halogens is 1. The van der Waals surface area contributed by atoms with Crippen LogP contribution in [0.3, 0.4) is 0 Å². The first-order chi connectivity index (χ1) is 8.90. The van der Waals surface area contributed by atoms with E-state index in [0.717, 1.165) is 16.2 Å². The van der Waals surface area contributed by atoms with Gasteiger partial charge in [0.15, 0.2) is 8.68 Å². The van der Waals surface area contributed by atoms with Gasteiger partial charge in [0.2, 0.25) is 0 Å². The van der Waals surface area contributed by atoms with Gasteiger partial charge in [0, 0.05) is 4.88 Å². The van der Waals surface area contributed by atoms with Crippen molar-refractivity contribution in [3.8, 4) is 0 Å². The van der Waals surface area contributed by atoms with Gasteiger partial charge in [-0.2, -0.15) is 0 Å². The SMILES string of the molecule is CC(C)C(NS(=O)(=O)c1cnc(Cl)s1)c1cccs1. The Morgan fingerprint density at radius 1 is 1.42 bits per heavy atom. The number of thiazole rings is 1. The lowest BCUT2D eigenvalue weighted by molar-refractivity contribution is 0.469. The second kappa shape index (κ2) is 5.88. The molecule has 0 aromatic carbocycles. The fourth-order valence-electron chi connectivity index (χ4n) is 1.58. The maximum atomic E-state index is 12.3. The highest BCUT2D eigenvalue weighted by molar-refractivity contribution is 7.91. The highest BCUT2D eigenvalue weighted by Crippen LogP contribution is 2.29. The highest BCUT2D eigenvalue weighted by atomic mass is 35.5. The first-order valence-corrected chi connectivity index (χ1v) is 9.13. The topological polar surface area (TPSA) is 59.1 Å². The highest BCUT2D eigenvalue weighted by Gasteiger charge is 2.26. The van der Waals surface area contributed by atoms with Crippen LogP contribution in [0.5, 0.6) is 0 Å². The van der Waals surface area contributed by atoms with Crippen molar-refractivity contribution in [2.45, 2.75) is 24.1 Å². The summed E-state index contributed by atoms with van der Waals surface area (Å²) in [6, 6.07) is 3.59. The largest absolute Gasteiger partial charge is 0.252 e. The number of rotatable bonds is 5. The Bertz CT molecular complexity index is 635. The van der Waals surface area contributed by atoms with E-state index < -0.39 is 10.0 Å². The lowest BCUT2D eigenvalue weighted by Crippen LogP contribution is -2.30. The number of nitrogens with one attached hydrogen (secondary N) is 1. The number of hydrogen-bond acceptors (Lipinski definition) is 5. The maximum absolute atomic E-state index is 12.3. The molecule has 0 saturated carbocycles. The summed E-state index contributed by atoms with van der Waals surface area (Å²) in [5.74, 6) is 0.150. The van der Waals surface area contributed by atoms with Crippen molar-refractivity contribution in [1.29, 1.82) is 0 Å². The maximum Gasteiger partial charge on any atom is 0.252 e. The van der Waals surface area contributed by atoms with Crippen LogP contribution in [0.4, 0.5) is 0 Å². The Labute approximate surface area is 125 Å². The van der Waals surface area contributed by atoms with Gasteiger partial charge in [-0.05, 0) is 17.4 Å². The van der Waals surface area contributed by atoms with Crippen molar-refractivity contribution in [2.24, 2.45) is 5.92 Å². The predicted octanol–water partition coefficient (Wildman–Crippen LogP) is 3.53. The average molecular weight is 337 g/mol. The summed E-state index contributed by atoms with van der Waals surface area (Å²) in [7, 11) is -3.58. The van der Waals surface area contributed by atoms with Crippen molar-refractivity contribution in [1.82, 2.24) is 9.71 Å². The fraction of sp³-hybridized carbons (Fsp3) is 0.364. The normalized spacial score (nSPS) is 13.9. The Hall–Kier alpha value is -0.470. The van der Waals surface area contributed by atoms with E-state index in [1.807, 2.05) is 31.4 Å². The number of hydrogen-bond donors (Lipinski definition) is 1. The molecule has 2 rings (SSSR count). The van der Waals surface area contributed by atoms with Crippen molar-refractivity contribution >= 4 is 44.3 Å². The molecule has 0 fully saturated rings. The van der Waals surface area contributed by atoms with E-state index in [9.17, 15) is 8.42 Å². The van der Waals surface area contributed by atoms with Gasteiger partial charge in [-0.3, -0.25) is 0 Å². The van der Waals surface area contributed by atoms with Crippen LogP contribution in [-0.4, -0.2) is 13.4 Å². The molecule has 0 spiro atoms. The van der Waals surface area contributed by atoms with Gasteiger partial charge in [0.05, 0.1) is 12.2 Å². The van der Waals surface area contributed by atoms with E-state index in [2.05, 4.69) is 9.71 Å². The van der Waals surface area contributed by atoms with E-state index in [1.54, 1.807) is 0 Å². The molecule has 19 heavy (non-hydrogen) atoms. The third-order valence-corrected chi connectivity index (χ3v) is 6.49. The zero-order valence-electron chi connectivity index (χ0n) is 10.3. The zero-order chi connectivity index (χ0) is 14.0. The molecule has 0 bridgehead atoms. The van der Waals surface area contributed by atoms with Crippen molar-refractivity contribution in [3.05, 3.63) is 33.1 Å². The summed E-state index contributed by atoms with van der Waals surface area (Å²) in [6.07, 6.45) is 1.28. The lowest BCUT2D eigenvalue weighted by atomic mass is 10.0. The Balaban J connectivity index is 2.27. The molecule has 2 aromatic heterocycles. The molecular formula is C11H13ClN2O2S3. The van der Waals surface area contributed by atoms with Crippen LogP contribution in [0, 0.1) is 5.92 Å². The number of sulfonamides is 1. The van der Waals surface area contributed by atoms with Crippen LogP contribution in [0.15, 0.2) is 27.9 Å². The van der Waals surface area contributed by atoms with Crippen molar-refractivity contribution in [3.63, 3.8) is 0 Å². The third kappa shape index (κ3) is 3.55. The molecule has 1 N–H and O–H groups in total. The van der Waals surface area contributed by atoms with Gasteiger partial charge in [0.1, 0.15) is 0 Å². The number of aromatic nitrogens is 1. The molecule has 0 radical (unpaired) electrons. The zero-order valence-corrected chi connectivity index (χ0v) is 13.5. The molecule has 0 aliphatic rings. The molecule has 4 nitrogen and oxygen atoms in total. The second-order valence-electron chi connectivity index (χ2n) is 4.29. The summed E-state index contributed by atoms with van der Waals surface area (Å²) >= 11 is 8.17. The molecule has 1 atom stereocenters. The first kappa shape index (κ1) is 14.9. The standard InChI is InChI=1S/C11H13ClN2O2S3/c1-7(2)10(8-4-3-5-17-8)14-19(15,16)9-6-13-11(12)18-9/h3-7,10,14H,1-2H3. The van der Waals surface area contributed by atoms with Crippen LogP contribution in [0.1, 0.15) is 24.8 Å². The molecule has 0 aliphatic carbocycles. The van der Waals surface area contributed by atoms with Crippen LogP contribution in [0.25, 0.3) is 0 Å². The first-order valence-electron chi connectivity index (χ1n) is 5.57. The van der Waals surface area contributed by atoms with E-state index in [0.29, 0.717) is 0 Å². The van der Waals surface area contributed by atoms with Crippen molar-refractivity contribution < 1.29 is 8.42 Å². The van der Waals surface area contributed by atoms with Gasteiger partial charge in [-0.1, -0.05) is 42.9 Å². The second-order valence-corrected chi connectivity index (χ2v) is 8.82. The smallest absolute Gasteiger partial charge is 0.232 e. The van der Waals surface area contributed by atoms with E-state index in [1.165, 1.54) is 17.5 Å². The fourth-order valence-corrected chi connectivity index (χ4v) is 5.28. The minimum atomic E-state index is -3.58. The Morgan fingerprint density at radius 2 is 2.16 bits per heavy atom. The van der Waals surface area contributed by atoms with E-state index in [-0.39, 0.29) is 20.6 Å². The van der Waals surface area contributed by atoms with Crippen LogP contribution in [-0.2, 0) is 10.0 Å². The van der Waals surface area contributed by atoms with E-state index in [4.69, 9.17) is 11.6 Å². The van der Waals surface area contributed by atoms with Crippen molar-refractivity contribution in [2.75, 3.05) is 0 Å². The van der Waals surface area contributed by atoms with Gasteiger partial charge >= 0.3 is 0 Å². The summed E-state index contributed by atoms with van der Waals surface area (Å²) in [5.41, 5.74) is 0. The quantitative estimate of drug-likeness (QED) is 0.908. The van der Waals surface area contributed by atoms with Gasteiger partial charge in [-0.15, -0.1) is 11.3 Å². The number of thiophene rings is 1. The molecule has 1 unspecified atom stereocenters. The molecular weight excluding hydrogens is 324 g/mol. The third-order valence-electron chi connectivity index (χ3n) is 2.52. The van der Waals surface area contributed by atoms with Crippen LogP contribution < -0.4 is 4.72 Å². The Morgan fingerprint density at radius 3 is 2.63 bits per heavy atom. The minimum Gasteiger partial charge on any atom is -0.232 e. The Kier molecular flexibility index (Phi) is 4.62. The summed E-state index contributed by atoms with van der Waals surface area (Å²) in [4.78, 5) is 4.76. The molecule has 2 aromatic rings.